The van der Waals surface area contributed by atoms with Crippen LogP contribution in [0.15, 0.2) is 66.1 Å². The fourth-order valence-electron chi connectivity index (χ4n) is 4.75. The molecule has 0 spiro atoms. The average molecular weight is 478 g/mol. The molecule has 0 amide bonds. The molecule has 1 aromatic carbocycles. The van der Waals surface area contributed by atoms with Crippen LogP contribution in [-0.2, 0) is 26.4 Å². The van der Waals surface area contributed by atoms with E-state index in [9.17, 15) is 8.42 Å². The molecule has 0 N–H and O–H groups in total. The Balaban J connectivity index is 1.73. The van der Waals surface area contributed by atoms with E-state index in [1.54, 1.807) is 53.6 Å². The van der Waals surface area contributed by atoms with Crippen molar-refractivity contribution in [2.24, 2.45) is 7.05 Å². The van der Waals surface area contributed by atoms with Gasteiger partial charge in [-0.25, -0.2) is 17.4 Å². The molecule has 0 aliphatic carbocycles. The third-order valence-corrected chi connectivity index (χ3v) is 7.60. The Morgan fingerprint density at radius 1 is 0.971 bits per heavy atom. The first-order chi connectivity index (χ1) is 16.0. The van der Waals surface area contributed by atoms with Gasteiger partial charge in [-0.1, -0.05) is 18.2 Å². The van der Waals surface area contributed by atoms with E-state index in [1.807, 2.05) is 47.0 Å². The van der Waals surface area contributed by atoms with Gasteiger partial charge in [-0.3, -0.25) is 4.68 Å². The zero-order chi connectivity index (χ0) is 24.3. The maximum Gasteiger partial charge on any atom is 0.496 e. The number of fused-ring (bicyclic) bond motifs is 1. The van der Waals surface area contributed by atoms with Crippen molar-refractivity contribution in [3.05, 3.63) is 61.2 Å². The molecule has 1 aliphatic rings. The second kappa shape index (κ2) is 7.79. The molecule has 176 valence electrons. The summed E-state index contributed by atoms with van der Waals surface area (Å²) in [6.07, 6.45) is 7.59. The Hall–Kier alpha value is -2.95. The first kappa shape index (κ1) is 22.8. The number of rotatable bonds is 4. The predicted octanol–water partition coefficient (Wildman–Crippen LogP) is 3.36. The monoisotopic (exact) mass is 478 g/mol. The van der Waals surface area contributed by atoms with E-state index in [0.717, 1.165) is 11.1 Å². The molecule has 1 aliphatic heterocycles. The topological polar surface area (TPSA) is 88.2 Å². The molecule has 0 bridgehead atoms. The van der Waals surface area contributed by atoms with Gasteiger partial charge in [0.05, 0.1) is 22.3 Å². The fraction of sp³-hybridized carbons (Fsp3) is 0.333. The van der Waals surface area contributed by atoms with Gasteiger partial charge >= 0.3 is 7.12 Å². The fourth-order valence-corrected chi connectivity index (χ4v) is 6.10. The second-order valence-corrected chi connectivity index (χ2v) is 11.8. The summed E-state index contributed by atoms with van der Waals surface area (Å²) in [6, 6.07) is 10.3. The number of hydrogen-bond donors (Lipinski definition) is 0. The minimum atomic E-state index is -3.89. The predicted molar refractivity (Wildman–Crippen MR) is 131 cm³/mol. The highest BCUT2D eigenvalue weighted by Gasteiger charge is 2.45. The summed E-state index contributed by atoms with van der Waals surface area (Å²) in [5, 5.41) is 4.90. The van der Waals surface area contributed by atoms with Crippen LogP contribution in [-0.4, -0.2) is 45.5 Å². The van der Waals surface area contributed by atoms with Gasteiger partial charge in [0.15, 0.2) is 5.65 Å². The van der Waals surface area contributed by atoms with Crippen molar-refractivity contribution in [3.8, 4) is 11.1 Å². The summed E-state index contributed by atoms with van der Waals surface area (Å²) >= 11 is 0. The lowest BCUT2D eigenvalue weighted by Crippen LogP contribution is -2.56. The molecule has 0 atom stereocenters. The van der Waals surface area contributed by atoms with Gasteiger partial charge in [0.1, 0.15) is 0 Å². The Morgan fingerprint density at radius 3 is 2.26 bits per heavy atom. The van der Waals surface area contributed by atoms with E-state index in [2.05, 4.69) is 10.1 Å². The maximum absolute atomic E-state index is 13.6. The SMILES string of the molecule is Cn1cc(-c2cnc3c(c2)c(B2OC(C)(C)CC(C)(C)O2)cn3S(=O)(=O)c2ccccc2)cn1. The first-order valence-corrected chi connectivity index (χ1v) is 12.6. The van der Waals surface area contributed by atoms with Crippen LogP contribution in [0.1, 0.15) is 34.1 Å². The van der Waals surface area contributed by atoms with Crippen LogP contribution in [0.5, 0.6) is 0 Å². The molecule has 1 saturated heterocycles. The third-order valence-electron chi connectivity index (χ3n) is 5.94. The summed E-state index contributed by atoms with van der Waals surface area (Å²) in [7, 11) is -2.79. The van der Waals surface area contributed by atoms with E-state index in [4.69, 9.17) is 9.31 Å². The maximum atomic E-state index is 13.6. The zero-order valence-corrected chi connectivity index (χ0v) is 20.7. The van der Waals surface area contributed by atoms with Gasteiger partial charge in [-0.2, -0.15) is 5.10 Å². The highest BCUT2D eigenvalue weighted by Crippen LogP contribution is 2.34. The van der Waals surface area contributed by atoms with Crippen molar-refractivity contribution in [3.63, 3.8) is 0 Å². The van der Waals surface area contributed by atoms with Gasteiger partial charge in [-0.05, 0) is 45.9 Å². The molecule has 4 aromatic rings. The van der Waals surface area contributed by atoms with Gasteiger partial charge in [0, 0.05) is 54.0 Å². The van der Waals surface area contributed by atoms with Crippen LogP contribution in [0.3, 0.4) is 0 Å². The third kappa shape index (κ3) is 4.06. The summed E-state index contributed by atoms with van der Waals surface area (Å²) in [6.45, 7) is 8.07. The zero-order valence-electron chi connectivity index (χ0n) is 19.9. The second-order valence-electron chi connectivity index (χ2n) is 9.96. The quantitative estimate of drug-likeness (QED) is 0.418. The first-order valence-electron chi connectivity index (χ1n) is 11.1. The van der Waals surface area contributed by atoms with E-state index < -0.39 is 28.3 Å². The van der Waals surface area contributed by atoms with Crippen LogP contribution >= 0.6 is 0 Å². The van der Waals surface area contributed by atoms with Crippen molar-refractivity contribution >= 4 is 33.6 Å². The lowest BCUT2D eigenvalue weighted by molar-refractivity contribution is -0.0715. The van der Waals surface area contributed by atoms with Crippen LogP contribution in [0.4, 0.5) is 0 Å². The van der Waals surface area contributed by atoms with Gasteiger partial charge in [-0.15, -0.1) is 0 Å². The molecule has 3 aromatic heterocycles. The highest BCUT2D eigenvalue weighted by atomic mass is 32.2. The van der Waals surface area contributed by atoms with Crippen LogP contribution in [0, 0.1) is 0 Å². The number of pyridine rings is 1. The van der Waals surface area contributed by atoms with E-state index in [0.29, 0.717) is 22.9 Å². The number of benzene rings is 1. The minimum absolute atomic E-state index is 0.183. The average Bonchev–Trinajstić information content (AvgIpc) is 3.36. The summed E-state index contributed by atoms with van der Waals surface area (Å²) in [5.74, 6) is 0. The molecule has 8 nitrogen and oxygen atoms in total. The molecule has 4 heterocycles. The standard InChI is InChI=1S/C24H27BN4O4S/c1-23(2)16-24(3,4)33-25(32-23)21-15-29(34(30,31)19-9-7-6-8-10-19)22-20(21)11-17(12-26-22)18-13-27-28(5)14-18/h6-15H,16H2,1-5H3. The minimum Gasteiger partial charge on any atom is -0.402 e. The lowest BCUT2D eigenvalue weighted by Gasteiger charge is -2.44. The van der Waals surface area contributed by atoms with Crippen molar-refractivity contribution in [1.82, 2.24) is 18.7 Å². The molecular weight excluding hydrogens is 451 g/mol. The Morgan fingerprint density at radius 2 is 1.65 bits per heavy atom. The smallest absolute Gasteiger partial charge is 0.402 e. The molecule has 0 unspecified atom stereocenters. The van der Waals surface area contributed by atoms with E-state index in [1.165, 1.54) is 3.97 Å². The van der Waals surface area contributed by atoms with E-state index >= 15 is 0 Å². The molecular formula is C24H27BN4O4S. The Bertz CT molecular complexity index is 1460. The lowest BCUT2D eigenvalue weighted by atomic mass is 9.72. The van der Waals surface area contributed by atoms with Crippen LogP contribution in [0.2, 0.25) is 0 Å². The highest BCUT2D eigenvalue weighted by molar-refractivity contribution is 7.90. The van der Waals surface area contributed by atoms with Crippen molar-refractivity contribution < 1.29 is 17.7 Å². The Kier molecular flexibility index (Phi) is 5.23. The van der Waals surface area contributed by atoms with Gasteiger partial charge < -0.3 is 9.31 Å². The normalized spacial score (nSPS) is 17.9. The van der Waals surface area contributed by atoms with E-state index in [-0.39, 0.29) is 4.90 Å². The number of nitrogens with zero attached hydrogens (tertiary/aromatic N) is 4. The molecule has 0 saturated carbocycles. The number of aryl methyl sites for hydroxylation is 1. The summed E-state index contributed by atoms with van der Waals surface area (Å²) in [4.78, 5) is 4.77. The van der Waals surface area contributed by atoms with Crippen molar-refractivity contribution in [2.45, 2.75) is 50.2 Å². The molecule has 5 rings (SSSR count). The molecule has 10 heteroatoms. The van der Waals surface area contributed by atoms with Crippen molar-refractivity contribution in [2.75, 3.05) is 0 Å². The molecule has 34 heavy (non-hydrogen) atoms. The largest absolute Gasteiger partial charge is 0.496 e. The van der Waals surface area contributed by atoms with Gasteiger partial charge in [0.25, 0.3) is 10.0 Å². The summed E-state index contributed by atoms with van der Waals surface area (Å²) in [5.41, 5.74) is 1.74. The molecule has 0 radical (unpaired) electrons. The number of aromatic nitrogens is 4. The van der Waals surface area contributed by atoms with Gasteiger partial charge in [0.2, 0.25) is 0 Å². The van der Waals surface area contributed by atoms with Crippen LogP contribution < -0.4 is 5.46 Å². The molecule has 1 fully saturated rings. The van der Waals surface area contributed by atoms with Crippen LogP contribution in [0.25, 0.3) is 22.2 Å². The summed E-state index contributed by atoms with van der Waals surface area (Å²) < 4.78 is 42.7. The Labute approximate surface area is 199 Å². The van der Waals surface area contributed by atoms with Crippen molar-refractivity contribution in [1.29, 1.82) is 0 Å². The number of hydrogen-bond acceptors (Lipinski definition) is 6.